The molecule has 3 heterocycles. The molecule has 4 rings (SSSR count). The topological polar surface area (TPSA) is 88.2 Å². The first-order valence-corrected chi connectivity index (χ1v) is 9.95. The second kappa shape index (κ2) is 8.46. The third kappa shape index (κ3) is 4.01. The average molecular weight is 396 g/mol. The predicted octanol–water partition coefficient (Wildman–Crippen LogP) is 3.03. The summed E-state index contributed by atoms with van der Waals surface area (Å²) in [6, 6.07) is 10.4. The van der Waals surface area contributed by atoms with Gasteiger partial charge in [-0.25, -0.2) is 9.80 Å². The minimum Gasteiger partial charge on any atom is -0.461 e. The molecule has 1 amide bonds. The predicted molar refractivity (Wildman–Crippen MR) is 107 cm³/mol. The third-order valence-corrected chi connectivity index (χ3v) is 5.33. The molecule has 2 aliphatic heterocycles. The lowest BCUT2D eigenvalue weighted by molar-refractivity contribution is -0.138. The number of carbonyl (C=O) groups excluding carboxylic acids is 2. The number of carbonyl (C=O) groups is 2. The lowest BCUT2D eigenvalue weighted by Gasteiger charge is -2.33. The minimum atomic E-state index is -0.494. The SMILES string of the molecule is CCOC(=O)c1coc(N2CCC(C(=O)N3N=CC[C@H]3c3ccccc3)CC2)n1. The molecule has 29 heavy (non-hydrogen) atoms. The number of hydrogen-bond acceptors (Lipinski definition) is 7. The Morgan fingerprint density at radius 3 is 2.69 bits per heavy atom. The van der Waals surface area contributed by atoms with Gasteiger partial charge in [0.05, 0.1) is 12.6 Å². The number of nitrogens with zero attached hydrogens (tertiary/aromatic N) is 4. The summed E-state index contributed by atoms with van der Waals surface area (Å²) in [6.45, 7) is 3.30. The largest absolute Gasteiger partial charge is 0.461 e. The number of rotatable bonds is 5. The quantitative estimate of drug-likeness (QED) is 0.722. The zero-order valence-electron chi connectivity index (χ0n) is 16.4. The van der Waals surface area contributed by atoms with Gasteiger partial charge in [0.15, 0.2) is 5.69 Å². The summed E-state index contributed by atoms with van der Waals surface area (Å²) in [4.78, 5) is 31.0. The number of ether oxygens (including phenoxy) is 1. The van der Waals surface area contributed by atoms with E-state index in [0.29, 0.717) is 31.9 Å². The number of aromatic nitrogens is 1. The molecule has 1 aromatic heterocycles. The first kappa shape index (κ1) is 19.2. The van der Waals surface area contributed by atoms with Crippen LogP contribution in [0.3, 0.4) is 0 Å². The van der Waals surface area contributed by atoms with Crippen LogP contribution in [0.4, 0.5) is 6.01 Å². The van der Waals surface area contributed by atoms with E-state index in [0.717, 1.165) is 12.0 Å². The van der Waals surface area contributed by atoms with Gasteiger partial charge in [-0.3, -0.25) is 4.79 Å². The molecule has 1 aromatic carbocycles. The Morgan fingerprint density at radius 2 is 1.97 bits per heavy atom. The molecule has 2 aromatic rings. The monoisotopic (exact) mass is 396 g/mol. The highest BCUT2D eigenvalue weighted by atomic mass is 16.5. The van der Waals surface area contributed by atoms with Gasteiger partial charge in [0.1, 0.15) is 6.26 Å². The van der Waals surface area contributed by atoms with Gasteiger partial charge in [-0.2, -0.15) is 10.1 Å². The lowest BCUT2D eigenvalue weighted by atomic mass is 9.94. The number of hydrazone groups is 1. The van der Waals surface area contributed by atoms with Gasteiger partial charge in [-0.15, -0.1) is 0 Å². The summed E-state index contributed by atoms with van der Waals surface area (Å²) in [6.07, 6.45) is 5.23. The van der Waals surface area contributed by atoms with E-state index in [4.69, 9.17) is 9.15 Å². The number of esters is 1. The summed E-state index contributed by atoms with van der Waals surface area (Å²) < 4.78 is 10.4. The van der Waals surface area contributed by atoms with Crippen molar-refractivity contribution in [3.05, 3.63) is 47.9 Å². The van der Waals surface area contributed by atoms with Crippen LogP contribution in [0, 0.1) is 5.92 Å². The Morgan fingerprint density at radius 1 is 1.21 bits per heavy atom. The van der Waals surface area contributed by atoms with Crippen LogP contribution in [0.15, 0.2) is 46.1 Å². The maximum absolute atomic E-state index is 13.1. The van der Waals surface area contributed by atoms with Crippen molar-refractivity contribution in [3.8, 4) is 0 Å². The van der Waals surface area contributed by atoms with Crippen LogP contribution in [0.2, 0.25) is 0 Å². The molecule has 8 heteroatoms. The smallest absolute Gasteiger partial charge is 0.360 e. The maximum Gasteiger partial charge on any atom is 0.360 e. The van der Waals surface area contributed by atoms with E-state index >= 15 is 0 Å². The van der Waals surface area contributed by atoms with Crippen LogP contribution in [0.1, 0.15) is 48.3 Å². The molecule has 0 unspecified atom stereocenters. The number of oxazole rings is 1. The van der Waals surface area contributed by atoms with E-state index < -0.39 is 5.97 Å². The van der Waals surface area contributed by atoms with E-state index in [1.165, 1.54) is 6.26 Å². The standard InChI is InChI=1S/C21H24N4O4/c1-2-28-20(27)17-14-29-21(23-17)24-12-9-16(10-13-24)19(26)25-18(8-11-22-25)15-6-4-3-5-7-15/h3-7,11,14,16,18H,2,8-10,12-13H2,1H3/t18-/m0/s1. The van der Waals surface area contributed by atoms with Crippen molar-refractivity contribution in [1.29, 1.82) is 0 Å². The van der Waals surface area contributed by atoms with E-state index in [2.05, 4.69) is 10.1 Å². The number of benzene rings is 1. The highest BCUT2D eigenvalue weighted by Crippen LogP contribution is 2.32. The Hall–Kier alpha value is -3.16. The van der Waals surface area contributed by atoms with E-state index in [9.17, 15) is 9.59 Å². The highest BCUT2D eigenvalue weighted by molar-refractivity contribution is 5.87. The van der Waals surface area contributed by atoms with Gasteiger partial charge < -0.3 is 14.1 Å². The summed E-state index contributed by atoms with van der Waals surface area (Å²) in [5.74, 6) is -0.523. The van der Waals surface area contributed by atoms with Crippen LogP contribution in [0.5, 0.6) is 0 Å². The van der Waals surface area contributed by atoms with E-state index in [1.54, 1.807) is 11.9 Å². The molecular weight excluding hydrogens is 372 g/mol. The van der Waals surface area contributed by atoms with Crippen LogP contribution in [-0.4, -0.2) is 47.8 Å². The first-order valence-electron chi connectivity index (χ1n) is 9.95. The van der Waals surface area contributed by atoms with Crippen LogP contribution < -0.4 is 4.90 Å². The number of amides is 1. The van der Waals surface area contributed by atoms with Gasteiger partial charge in [-0.1, -0.05) is 30.3 Å². The molecule has 1 fully saturated rings. The summed E-state index contributed by atoms with van der Waals surface area (Å²) in [7, 11) is 0. The van der Waals surface area contributed by atoms with Gasteiger partial charge in [0.2, 0.25) is 5.91 Å². The van der Waals surface area contributed by atoms with Crippen molar-refractivity contribution in [2.75, 3.05) is 24.6 Å². The molecule has 152 valence electrons. The molecule has 8 nitrogen and oxygen atoms in total. The summed E-state index contributed by atoms with van der Waals surface area (Å²) in [5, 5.41) is 5.99. The summed E-state index contributed by atoms with van der Waals surface area (Å²) >= 11 is 0. The third-order valence-electron chi connectivity index (χ3n) is 5.33. The fraction of sp³-hybridized carbons (Fsp3) is 0.429. The van der Waals surface area contributed by atoms with Crippen LogP contribution >= 0.6 is 0 Å². The van der Waals surface area contributed by atoms with Crippen molar-refractivity contribution in [2.45, 2.75) is 32.2 Å². The first-order chi connectivity index (χ1) is 14.2. The molecule has 2 aliphatic rings. The molecule has 0 radical (unpaired) electrons. The normalized spacial score (nSPS) is 19.6. The van der Waals surface area contributed by atoms with E-state index in [1.807, 2.05) is 41.4 Å². The molecule has 0 spiro atoms. The fourth-order valence-electron chi connectivity index (χ4n) is 3.79. The zero-order valence-corrected chi connectivity index (χ0v) is 16.4. The van der Waals surface area contributed by atoms with E-state index in [-0.39, 0.29) is 30.2 Å². The Labute approximate surface area is 169 Å². The van der Waals surface area contributed by atoms with Crippen molar-refractivity contribution in [3.63, 3.8) is 0 Å². The molecule has 1 saturated heterocycles. The zero-order chi connectivity index (χ0) is 20.2. The van der Waals surface area contributed by atoms with Gasteiger partial charge >= 0.3 is 5.97 Å². The average Bonchev–Trinajstić information content (AvgIpc) is 3.44. The van der Waals surface area contributed by atoms with Crippen molar-refractivity contribution < 1.29 is 18.7 Å². The molecular formula is C21H24N4O4. The number of hydrogen-bond donors (Lipinski definition) is 0. The van der Waals surface area contributed by atoms with Gasteiger partial charge in [-0.05, 0) is 25.3 Å². The Kier molecular flexibility index (Phi) is 5.59. The van der Waals surface area contributed by atoms with Crippen LogP contribution in [0.25, 0.3) is 0 Å². The van der Waals surface area contributed by atoms with Crippen LogP contribution in [-0.2, 0) is 9.53 Å². The Balaban J connectivity index is 1.36. The van der Waals surface area contributed by atoms with Crippen molar-refractivity contribution >= 4 is 24.1 Å². The van der Waals surface area contributed by atoms with Crippen molar-refractivity contribution in [2.24, 2.45) is 11.0 Å². The molecule has 0 N–H and O–H groups in total. The molecule has 0 bridgehead atoms. The number of anilines is 1. The summed E-state index contributed by atoms with van der Waals surface area (Å²) in [5.41, 5.74) is 1.26. The Bertz CT molecular complexity index is 887. The second-order valence-electron chi connectivity index (χ2n) is 7.14. The fourth-order valence-corrected chi connectivity index (χ4v) is 3.79. The van der Waals surface area contributed by atoms with Gasteiger partial charge in [0, 0.05) is 31.6 Å². The highest BCUT2D eigenvalue weighted by Gasteiger charge is 2.35. The van der Waals surface area contributed by atoms with Gasteiger partial charge in [0.25, 0.3) is 6.01 Å². The number of piperidine rings is 1. The minimum absolute atomic E-state index is 0.0272. The van der Waals surface area contributed by atoms with Crippen molar-refractivity contribution in [1.82, 2.24) is 9.99 Å². The maximum atomic E-state index is 13.1. The second-order valence-corrected chi connectivity index (χ2v) is 7.14. The molecule has 0 saturated carbocycles. The molecule has 0 aliphatic carbocycles. The molecule has 1 atom stereocenters. The lowest BCUT2D eigenvalue weighted by Crippen LogP contribution is -2.41.